The van der Waals surface area contributed by atoms with Gasteiger partial charge < -0.3 is 5.32 Å². The van der Waals surface area contributed by atoms with Crippen molar-refractivity contribution in [2.45, 2.75) is 51.2 Å². The van der Waals surface area contributed by atoms with Crippen molar-refractivity contribution >= 4 is 12.4 Å². The van der Waals surface area contributed by atoms with Crippen molar-refractivity contribution in [3.63, 3.8) is 0 Å². The fourth-order valence-electron chi connectivity index (χ4n) is 3.06. The normalized spacial score (nSPS) is 18.1. The number of nitrogens with one attached hydrogen (secondary N) is 1. The van der Waals surface area contributed by atoms with Crippen molar-refractivity contribution in [3.8, 4) is 0 Å². The molecular weight excluding hydrogens is 337 g/mol. The van der Waals surface area contributed by atoms with Crippen LogP contribution < -0.4 is 5.32 Å². The lowest BCUT2D eigenvalue weighted by atomic mass is 9.86. The van der Waals surface area contributed by atoms with E-state index in [2.05, 4.69) is 43.1 Å². The molecule has 0 unspecified atom stereocenters. The van der Waals surface area contributed by atoms with Gasteiger partial charge in [-0.3, -0.25) is 4.90 Å². The Bertz CT molecular complexity index is 488. The van der Waals surface area contributed by atoms with E-state index in [1.54, 1.807) is 0 Å². The first kappa shape index (κ1) is 21.3. The third kappa shape index (κ3) is 6.26. The molecule has 1 fully saturated rings. The number of nitrogens with zero attached hydrogens (tertiary/aromatic N) is 1. The van der Waals surface area contributed by atoms with Crippen LogP contribution in [-0.4, -0.2) is 37.3 Å². The molecule has 1 saturated heterocycles. The number of benzene rings is 1. The third-order valence-electron chi connectivity index (χ3n) is 4.46. The van der Waals surface area contributed by atoms with Gasteiger partial charge in [-0.15, -0.1) is 12.4 Å². The molecule has 0 aliphatic carbocycles. The molecule has 0 radical (unpaired) electrons. The van der Waals surface area contributed by atoms with Gasteiger partial charge in [0.05, 0.1) is 0 Å². The Balaban J connectivity index is 0.00000288. The molecule has 6 heteroatoms. The summed E-state index contributed by atoms with van der Waals surface area (Å²) in [6.07, 6.45) is -4.71. The fraction of sp³-hybridized carbons (Fsp3) is 0.667. The number of piperazine rings is 1. The average Bonchev–Trinajstić information content (AvgIpc) is 2.47. The van der Waals surface area contributed by atoms with Crippen LogP contribution in [0.5, 0.6) is 0 Å². The number of hydrogen-bond donors (Lipinski definition) is 1. The molecule has 0 spiro atoms. The van der Waals surface area contributed by atoms with E-state index in [-0.39, 0.29) is 30.3 Å². The second kappa shape index (κ2) is 8.54. The summed E-state index contributed by atoms with van der Waals surface area (Å²) in [6, 6.07) is 7.96. The van der Waals surface area contributed by atoms with Gasteiger partial charge in [0.15, 0.2) is 0 Å². The molecule has 1 N–H and O–H groups in total. The fourth-order valence-corrected chi connectivity index (χ4v) is 3.06. The van der Waals surface area contributed by atoms with Crippen LogP contribution in [0.25, 0.3) is 0 Å². The van der Waals surface area contributed by atoms with Crippen molar-refractivity contribution in [3.05, 3.63) is 35.4 Å². The Morgan fingerprint density at radius 3 is 2.04 bits per heavy atom. The molecule has 0 aromatic heterocycles. The Morgan fingerprint density at radius 1 is 1.04 bits per heavy atom. The summed E-state index contributed by atoms with van der Waals surface area (Å²) >= 11 is 0. The third-order valence-corrected chi connectivity index (χ3v) is 4.46. The summed E-state index contributed by atoms with van der Waals surface area (Å²) in [5.41, 5.74) is 2.25. The van der Waals surface area contributed by atoms with Gasteiger partial charge in [-0.1, -0.05) is 45.0 Å². The lowest BCUT2D eigenvalue weighted by molar-refractivity contribution is -0.138. The second-order valence-electron chi connectivity index (χ2n) is 7.33. The highest BCUT2D eigenvalue weighted by Gasteiger charge is 2.31. The van der Waals surface area contributed by atoms with E-state index in [1.807, 2.05) is 12.1 Å². The van der Waals surface area contributed by atoms with Gasteiger partial charge in [0.2, 0.25) is 0 Å². The van der Waals surface area contributed by atoms with Crippen LogP contribution in [-0.2, 0) is 5.41 Å². The van der Waals surface area contributed by atoms with E-state index in [1.165, 1.54) is 5.56 Å². The van der Waals surface area contributed by atoms with Crippen LogP contribution in [0.2, 0.25) is 0 Å². The van der Waals surface area contributed by atoms with Gasteiger partial charge in [0.1, 0.15) is 0 Å². The maximum Gasteiger partial charge on any atom is 0.389 e. The Kier molecular flexibility index (Phi) is 7.57. The Morgan fingerprint density at radius 2 is 1.58 bits per heavy atom. The van der Waals surface area contributed by atoms with Gasteiger partial charge in [-0.05, 0) is 23.0 Å². The molecule has 2 nitrogen and oxygen atoms in total. The quantitative estimate of drug-likeness (QED) is 0.833. The molecule has 1 heterocycles. The Labute approximate surface area is 149 Å². The van der Waals surface area contributed by atoms with Crippen molar-refractivity contribution < 1.29 is 13.2 Å². The van der Waals surface area contributed by atoms with Crippen LogP contribution in [0.1, 0.15) is 50.8 Å². The molecular formula is C18H28ClF3N2. The van der Waals surface area contributed by atoms with Gasteiger partial charge in [0.25, 0.3) is 0 Å². The summed E-state index contributed by atoms with van der Waals surface area (Å²) in [7, 11) is 0. The van der Waals surface area contributed by atoms with E-state index in [9.17, 15) is 13.2 Å². The van der Waals surface area contributed by atoms with Gasteiger partial charge >= 0.3 is 6.18 Å². The summed E-state index contributed by atoms with van der Waals surface area (Å²) < 4.78 is 38.1. The molecule has 0 saturated carbocycles. The van der Waals surface area contributed by atoms with Crippen LogP contribution in [0.15, 0.2) is 24.3 Å². The smallest absolute Gasteiger partial charge is 0.314 e. The van der Waals surface area contributed by atoms with Gasteiger partial charge in [-0.2, -0.15) is 13.2 Å². The highest BCUT2D eigenvalue weighted by molar-refractivity contribution is 5.85. The van der Waals surface area contributed by atoms with E-state index in [0.29, 0.717) is 0 Å². The molecule has 0 bridgehead atoms. The Hall–Kier alpha value is -0.780. The van der Waals surface area contributed by atoms with E-state index >= 15 is 0 Å². The molecule has 138 valence electrons. The molecule has 1 aromatic carbocycles. The minimum atomic E-state index is -4.10. The van der Waals surface area contributed by atoms with Crippen LogP contribution in [0.4, 0.5) is 13.2 Å². The zero-order valence-corrected chi connectivity index (χ0v) is 15.4. The summed E-state index contributed by atoms with van der Waals surface area (Å²) in [6.45, 7) is 9.68. The van der Waals surface area contributed by atoms with Crippen LogP contribution >= 0.6 is 12.4 Å². The average molecular weight is 365 g/mol. The van der Waals surface area contributed by atoms with Crippen molar-refractivity contribution in [2.75, 3.05) is 26.2 Å². The maximum atomic E-state index is 12.7. The van der Waals surface area contributed by atoms with Crippen molar-refractivity contribution in [1.29, 1.82) is 0 Å². The highest BCUT2D eigenvalue weighted by Crippen LogP contribution is 2.33. The van der Waals surface area contributed by atoms with E-state index in [4.69, 9.17) is 0 Å². The van der Waals surface area contributed by atoms with Gasteiger partial charge in [0, 0.05) is 38.6 Å². The lowest BCUT2D eigenvalue weighted by Crippen LogP contribution is -2.45. The van der Waals surface area contributed by atoms with Crippen molar-refractivity contribution in [2.24, 2.45) is 0 Å². The number of halogens is 4. The van der Waals surface area contributed by atoms with Crippen molar-refractivity contribution in [1.82, 2.24) is 10.2 Å². The topological polar surface area (TPSA) is 15.3 Å². The summed E-state index contributed by atoms with van der Waals surface area (Å²) in [4.78, 5) is 2.17. The van der Waals surface area contributed by atoms with Gasteiger partial charge in [-0.25, -0.2) is 0 Å². The lowest BCUT2D eigenvalue weighted by Gasteiger charge is -2.35. The predicted octanol–water partition coefficient (Wildman–Crippen LogP) is 4.69. The van der Waals surface area contributed by atoms with Crippen LogP contribution in [0.3, 0.4) is 0 Å². The zero-order valence-electron chi connectivity index (χ0n) is 14.6. The summed E-state index contributed by atoms with van der Waals surface area (Å²) in [5, 5.41) is 3.26. The minimum absolute atomic E-state index is 0. The number of rotatable bonds is 4. The highest BCUT2D eigenvalue weighted by atomic mass is 35.5. The maximum absolute atomic E-state index is 12.7. The predicted molar refractivity (Wildman–Crippen MR) is 94.9 cm³/mol. The molecule has 0 amide bonds. The largest absolute Gasteiger partial charge is 0.389 e. The monoisotopic (exact) mass is 364 g/mol. The van der Waals surface area contributed by atoms with E-state index in [0.717, 1.165) is 31.7 Å². The van der Waals surface area contributed by atoms with Crippen LogP contribution in [0, 0.1) is 0 Å². The first-order valence-electron chi connectivity index (χ1n) is 8.29. The first-order chi connectivity index (χ1) is 10.7. The van der Waals surface area contributed by atoms with E-state index < -0.39 is 12.6 Å². The minimum Gasteiger partial charge on any atom is -0.314 e. The molecule has 24 heavy (non-hydrogen) atoms. The SMILES string of the molecule is CC(C)(C)c1ccc([C@@H](CCC(F)(F)F)N2CCNCC2)cc1.Cl. The standard InChI is InChI=1S/C18H27F3N2.ClH/c1-17(2,3)15-6-4-14(5-7-15)16(8-9-18(19,20)21)23-12-10-22-11-13-23;/h4-7,16,22H,8-13H2,1-3H3;1H/t16-;/m1./s1. The second-order valence-corrected chi connectivity index (χ2v) is 7.33. The molecule has 1 aliphatic heterocycles. The molecule has 1 atom stereocenters. The molecule has 1 aliphatic rings. The number of alkyl halides is 3. The molecule has 1 aromatic rings. The summed E-state index contributed by atoms with van der Waals surface area (Å²) in [5.74, 6) is 0. The zero-order chi connectivity index (χ0) is 17.1. The number of hydrogen-bond acceptors (Lipinski definition) is 2. The molecule has 2 rings (SSSR count). The first-order valence-corrected chi connectivity index (χ1v) is 8.29.